The van der Waals surface area contributed by atoms with Crippen LogP contribution < -0.4 is 20.8 Å². The van der Waals surface area contributed by atoms with E-state index in [2.05, 4.69) is 16.1 Å². The number of hydrogen-bond donors (Lipinski definition) is 3. The number of para-hydroxylation sites is 1. The standard InChI is InChI=1S/C24H17Cl2FN4O4/c1-35-20-4-2-3-13-9-19(22(32)29-18-11-14(25)10-15(26)12-18)31(21(13)20)30-24(34)23(33)28-17-7-5-16(27)6-8-17/h2-12H,1H3,(H,28,33)(H,29,32)(H,30,34). The number of rotatable bonds is 5. The summed E-state index contributed by atoms with van der Waals surface area (Å²) in [7, 11) is 1.43. The Bertz CT molecular complexity index is 1430. The molecule has 0 aliphatic carbocycles. The zero-order chi connectivity index (χ0) is 25.1. The second-order valence-electron chi connectivity index (χ2n) is 7.28. The minimum Gasteiger partial charge on any atom is -0.494 e. The molecular weight excluding hydrogens is 498 g/mol. The molecule has 0 fully saturated rings. The third-order valence-corrected chi connectivity index (χ3v) is 5.32. The monoisotopic (exact) mass is 514 g/mol. The number of carbonyl (C=O) groups excluding carboxylic acids is 3. The number of amides is 3. The normalized spacial score (nSPS) is 10.6. The van der Waals surface area contributed by atoms with E-state index in [-0.39, 0.29) is 11.4 Å². The molecule has 0 bridgehead atoms. The number of fused-ring (bicyclic) bond motifs is 1. The van der Waals surface area contributed by atoms with E-state index >= 15 is 0 Å². The number of carbonyl (C=O) groups is 3. The van der Waals surface area contributed by atoms with Crippen molar-refractivity contribution in [2.24, 2.45) is 0 Å². The number of anilines is 2. The van der Waals surface area contributed by atoms with E-state index in [0.29, 0.717) is 32.4 Å². The van der Waals surface area contributed by atoms with Gasteiger partial charge in [0.2, 0.25) is 0 Å². The number of hydrogen-bond acceptors (Lipinski definition) is 4. The van der Waals surface area contributed by atoms with Gasteiger partial charge in [-0.05, 0) is 54.6 Å². The Hall–Kier alpha value is -4.08. The summed E-state index contributed by atoms with van der Waals surface area (Å²) in [5.74, 6) is -2.85. The zero-order valence-corrected chi connectivity index (χ0v) is 19.6. The van der Waals surface area contributed by atoms with E-state index in [4.69, 9.17) is 27.9 Å². The van der Waals surface area contributed by atoms with Crippen LogP contribution in [0.1, 0.15) is 10.5 Å². The molecule has 4 aromatic rings. The van der Waals surface area contributed by atoms with E-state index < -0.39 is 23.5 Å². The zero-order valence-electron chi connectivity index (χ0n) is 18.1. The highest BCUT2D eigenvalue weighted by atomic mass is 35.5. The number of ether oxygens (including phenoxy) is 1. The van der Waals surface area contributed by atoms with E-state index in [0.717, 1.165) is 16.8 Å². The molecule has 0 unspecified atom stereocenters. The predicted molar refractivity (Wildman–Crippen MR) is 132 cm³/mol. The fraction of sp³-hybridized carbons (Fsp3) is 0.0417. The first-order chi connectivity index (χ1) is 16.7. The minimum absolute atomic E-state index is 0.00327. The van der Waals surface area contributed by atoms with Crippen molar-refractivity contribution in [3.63, 3.8) is 0 Å². The molecule has 178 valence electrons. The average Bonchev–Trinajstić information content (AvgIpc) is 3.18. The summed E-state index contributed by atoms with van der Waals surface area (Å²) < 4.78 is 19.7. The summed E-state index contributed by atoms with van der Waals surface area (Å²) in [5, 5.41) is 6.24. The van der Waals surface area contributed by atoms with Crippen LogP contribution >= 0.6 is 23.2 Å². The molecule has 0 spiro atoms. The van der Waals surface area contributed by atoms with E-state index in [1.807, 2.05) is 0 Å². The van der Waals surface area contributed by atoms with Crippen LogP contribution in [0.3, 0.4) is 0 Å². The second kappa shape index (κ2) is 10.0. The van der Waals surface area contributed by atoms with Crippen LogP contribution in [0.15, 0.2) is 66.7 Å². The molecule has 0 atom stereocenters. The maximum Gasteiger partial charge on any atom is 0.328 e. The number of nitrogens with zero attached hydrogens (tertiary/aromatic N) is 1. The van der Waals surface area contributed by atoms with Crippen molar-refractivity contribution >= 4 is 63.2 Å². The molecule has 3 aromatic carbocycles. The summed E-state index contributed by atoms with van der Waals surface area (Å²) in [6.07, 6.45) is 0. The Labute approximate surface area is 208 Å². The number of benzene rings is 3. The highest BCUT2D eigenvalue weighted by molar-refractivity contribution is 6.42. The van der Waals surface area contributed by atoms with Crippen LogP contribution in [-0.4, -0.2) is 29.5 Å². The lowest BCUT2D eigenvalue weighted by Crippen LogP contribution is -2.36. The van der Waals surface area contributed by atoms with Crippen LogP contribution in [0, 0.1) is 5.82 Å². The van der Waals surface area contributed by atoms with E-state index in [1.54, 1.807) is 18.2 Å². The molecule has 3 amide bonds. The predicted octanol–water partition coefficient (Wildman–Crippen LogP) is 5.06. The Morgan fingerprint density at radius 3 is 2.20 bits per heavy atom. The molecule has 0 saturated carbocycles. The Balaban J connectivity index is 1.67. The Kier molecular flexibility index (Phi) is 6.90. The van der Waals surface area contributed by atoms with Gasteiger partial charge in [-0.25, -0.2) is 9.07 Å². The van der Waals surface area contributed by atoms with Gasteiger partial charge in [0.15, 0.2) is 0 Å². The molecule has 11 heteroatoms. The van der Waals surface area contributed by atoms with Gasteiger partial charge in [-0.3, -0.25) is 19.8 Å². The fourth-order valence-electron chi connectivity index (χ4n) is 3.37. The SMILES string of the molecule is COc1cccc2cc(C(=O)Nc3cc(Cl)cc(Cl)c3)n(NC(=O)C(=O)Nc3ccc(F)cc3)c12. The van der Waals surface area contributed by atoms with Crippen LogP contribution in [0.2, 0.25) is 10.0 Å². The van der Waals surface area contributed by atoms with Gasteiger partial charge in [0.1, 0.15) is 22.8 Å². The summed E-state index contributed by atoms with van der Waals surface area (Å²) in [6.45, 7) is 0. The fourth-order valence-corrected chi connectivity index (χ4v) is 3.90. The minimum atomic E-state index is -1.07. The van der Waals surface area contributed by atoms with Gasteiger partial charge in [-0.1, -0.05) is 35.3 Å². The number of methoxy groups -OCH3 is 1. The summed E-state index contributed by atoms with van der Waals surface area (Å²) >= 11 is 12.0. The van der Waals surface area contributed by atoms with E-state index in [9.17, 15) is 18.8 Å². The van der Waals surface area contributed by atoms with Crippen molar-refractivity contribution in [2.75, 3.05) is 23.2 Å². The van der Waals surface area contributed by atoms with Gasteiger partial charge in [0.05, 0.1) is 7.11 Å². The van der Waals surface area contributed by atoms with Crippen molar-refractivity contribution in [1.29, 1.82) is 0 Å². The smallest absolute Gasteiger partial charge is 0.328 e. The molecule has 35 heavy (non-hydrogen) atoms. The molecule has 1 aromatic heterocycles. The highest BCUT2D eigenvalue weighted by Crippen LogP contribution is 2.29. The number of halogens is 3. The first-order valence-corrected chi connectivity index (χ1v) is 10.8. The quantitative estimate of drug-likeness (QED) is 0.324. The van der Waals surface area contributed by atoms with Gasteiger partial charge in [-0.15, -0.1) is 0 Å². The third kappa shape index (κ3) is 5.37. The summed E-state index contributed by atoms with van der Waals surface area (Å²) in [5.41, 5.74) is 3.33. The molecule has 8 nitrogen and oxygen atoms in total. The van der Waals surface area contributed by atoms with Crippen LogP contribution in [0.25, 0.3) is 10.9 Å². The molecule has 4 rings (SSSR count). The van der Waals surface area contributed by atoms with Gasteiger partial charge in [0.25, 0.3) is 5.91 Å². The summed E-state index contributed by atoms with van der Waals surface area (Å²) in [6, 6.07) is 16.0. The lowest BCUT2D eigenvalue weighted by molar-refractivity contribution is -0.133. The lowest BCUT2D eigenvalue weighted by Gasteiger charge is -2.14. The van der Waals surface area contributed by atoms with Crippen molar-refractivity contribution in [2.45, 2.75) is 0 Å². The number of nitrogens with one attached hydrogen (secondary N) is 3. The van der Waals surface area contributed by atoms with Crippen LogP contribution in [0.5, 0.6) is 5.75 Å². The Morgan fingerprint density at radius 2 is 1.54 bits per heavy atom. The van der Waals surface area contributed by atoms with Crippen molar-refractivity contribution in [3.05, 3.63) is 88.3 Å². The van der Waals surface area contributed by atoms with Gasteiger partial charge in [-0.2, -0.15) is 0 Å². The maximum absolute atomic E-state index is 13.2. The lowest BCUT2D eigenvalue weighted by atomic mass is 10.2. The first kappa shape index (κ1) is 24.1. The topological polar surface area (TPSA) is 101 Å². The van der Waals surface area contributed by atoms with Crippen molar-refractivity contribution < 1.29 is 23.5 Å². The largest absolute Gasteiger partial charge is 0.494 e. The second-order valence-corrected chi connectivity index (χ2v) is 8.15. The maximum atomic E-state index is 13.2. The highest BCUT2D eigenvalue weighted by Gasteiger charge is 2.23. The molecule has 3 N–H and O–H groups in total. The summed E-state index contributed by atoms with van der Waals surface area (Å²) in [4.78, 5) is 38.3. The number of aromatic nitrogens is 1. The molecule has 0 aliphatic rings. The first-order valence-electron chi connectivity index (χ1n) is 10.1. The third-order valence-electron chi connectivity index (χ3n) is 4.88. The average molecular weight is 515 g/mol. The Morgan fingerprint density at radius 1 is 0.857 bits per heavy atom. The molecular formula is C24H17Cl2FN4O4. The van der Waals surface area contributed by atoms with Gasteiger partial charge in [0, 0.05) is 26.8 Å². The van der Waals surface area contributed by atoms with Gasteiger partial charge < -0.3 is 15.4 Å². The van der Waals surface area contributed by atoms with Crippen molar-refractivity contribution in [3.8, 4) is 5.75 Å². The molecule has 0 radical (unpaired) electrons. The van der Waals surface area contributed by atoms with Crippen molar-refractivity contribution in [1.82, 2.24) is 4.68 Å². The van der Waals surface area contributed by atoms with Crippen LogP contribution in [-0.2, 0) is 9.59 Å². The molecule has 0 saturated heterocycles. The van der Waals surface area contributed by atoms with Crippen LogP contribution in [0.4, 0.5) is 15.8 Å². The van der Waals surface area contributed by atoms with Gasteiger partial charge >= 0.3 is 11.8 Å². The molecule has 0 aliphatic heterocycles. The molecule has 1 heterocycles. The van der Waals surface area contributed by atoms with E-state index in [1.165, 1.54) is 43.5 Å².